The SMILES string of the molecule is C[C@@H]1CN(c2ccccc2)c2nc3c(c(=O)n(CCCc4ccccc4)c(=O)n3C)n2C1. The third kappa shape index (κ3) is 3.43. The fraction of sp³-hybridized carbons (Fsp3) is 0.320. The number of para-hydroxylation sites is 1. The van der Waals surface area contributed by atoms with Crippen LogP contribution < -0.4 is 16.1 Å². The maximum Gasteiger partial charge on any atom is 0.332 e. The topological polar surface area (TPSA) is 65.1 Å². The van der Waals surface area contributed by atoms with E-state index in [2.05, 4.69) is 24.0 Å². The highest BCUT2D eigenvalue weighted by Gasteiger charge is 2.29. The minimum absolute atomic E-state index is 0.253. The van der Waals surface area contributed by atoms with Crippen LogP contribution >= 0.6 is 0 Å². The molecule has 0 N–H and O–H groups in total. The highest BCUT2D eigenvalue weighted by Crippen LogP contribution is 2.32. The Labute approximate surface area is 186 Å². The van der Waals surface area contributed by atoms with Gasteiger partial charge in [0.05, 0.1) is 0 Å². The Bertz CT molecular complexity index is 1370. The molecule has 1 atom stereocenters. The van der Waals surface area contributed by atoms with Gasteiger partial charge in [-0.25, -0.2) is 4.79 Å². The molecule has 2 aromatic carbocycles. The van der Waals surface area contributed by atoms with Crippen LogP contribution in [0.25, 0.3) is 11.2 Å². The standard InChI is InChI=1S/C25H27N5O2/c1-18-16-29(20-13-7-4-8-14-20)24-26-22-21(30(24)17-18)23(31)28(25(32)27(22)2)15-9-12-19-10-5-3-6-11-19/h3-8,10-11,13-14,18H,9,12,15-17H2,1-2H3/t18-/m1/s1. The van der Waals surface area contributed by atoms with Gasteiger partial charge in [0, 0.05) is 32.4 Å². The molecule has 0 spiro atoms. The van der Waals surface area contributed by atoms with E-state index < -0.39 is 0 Å². The second kappa shape index (κ2) is 8.15. The van der Waals surface area contributed by atoms with Gasteiger partial charge >= 0.3 is 5.69 Å². The highest BCUT2D eigenvalue weighted by molar-refractivity contribution is 5.77. The Morgan fingerprint density at radius 1 is 0.969 bits per heavy atom. The van der Waals surface area contributed by atoms with Crippen molar-refractivity contribution in [3.8, 4) is 0 Å². The first-order valence-corrected chi connectivity index (χ1v) is 11.1. The molecule has 0 radical (unpaired) electrons. The molecule has 0 aliphatic carbocycles. The van der Waals surface area contributed by atoms with Crippen LogP contribution in [0.3, 0.4) is 0 Å². The van der Waals surface area contributed by atoms with Crippen LogP contribution in [0, 0.1) is 5.92 Å². The van der Waals surface area contributed by atoms with Crippen LogP contribution in [0.5, 0.6) is 0 Å². The molecular formula is C25H27N5O2. The first-order chi connectivity index (χ1) is 15.5. The highest BCUT2D eigenvalue weighted by atomic mass is 16.2. The maximum atomic E-state index is 13.5. The van der Waals surface area contributed by atoms with E-state index >= 15 is 0 Å². The quantitative estimate of drug-likeness (QED) is 0.488. The molecule has 4 aromatic rings. The van der Waals surface area contributed by atoms with Crippen molar-refractivity contribution >= 4 is 22.8 Å². The zero-order valence-electron chi connectivity index (χ0n) is 18.4. The van der Waals surface area contributed by atoms with E-state index in [1.54, 1.807) is 7.05 Å². The van der Waals surface area contributed by atoms with Gasteiger partial charge in [0.25, 0.3) is 5.56 Å². The molecule has 0 bridgehead atoms. The zero-order chi connectivity index (χ0) is 22.2. The van der Waals surface area contributed by atoms with Gasteiger partial charge in [-0.05, 0) is 36.5 Å². The Kier molecular flexibility index (Phi) is 5.17. The van der Waals surface area contributed by atoms with Gasteiger partial charge in [-0.2, -0.15) is 4.98 Å². The minimum Gasteiger partial charge on any atom is -0.312 e. The van der Waals surface area contributed by atoms with E-state index in [4.69, 9.17) is 4.98 Å². The number of rotatable bonds is 5. The summed E-state index contributed by atoms with van der Waals surface area (Å²) in [6.45, 7) is 4.07. The van der Waals surface area contributed by atoms with Crippen molar-refractivity contribution < 1.29 is 0 Å². The van der Waals surface area contributed by atoms with Crippen LogP contribution in [0.2, 0.25) is 0 Å². The summed E-state index contributed by atoms with van der Waals surface area (Å²) in [4.78, 5) is 33.4. The van der Waals surface area contributed by atoms with Crippen molar-refractivity contribution in [3.05, 3.63) is 87.1 Å². The normalized spacial score (nSPS) is 15.8. The lowest BCUT2D eigenvalue weighted by molar-refractivity contribution is 0.457. The number of anilines is 2. The summed E-state index contributed by atoms with van der Waals surface area (Å²) in [6.07, 6.45) is 1.54. The van der Waals surface area contributed by atoms with Crippen LogP contribution in [0.1, 0.15) is 18.9 Å². The van der Waals surface area contributed by atoms with Gasteiger partial charge in [0.1, 0.15) is 0 Å². The van der Waals surface area contributed by atoms with Gasteiger partial charge in [-0.3, -0.25) is 13.9 Å². The number of hydrogen-bond acceptors (Lipinski definition) is 4. The van der Waals surface area contributed by atoms with Crippen molar-refractivity contribution in [3.63, 3.8) is 0 Å². The molecule has 7 heteroatoms. The third-order valence-corrected chi connectivity index (χ3v) is 6.20. The van der Waals surface area contributed by atoms with Gasteiger partial charge in [0.15, 0.2) is 11.2 Å². The summed E-state index contributed by atoms with van der Waals surface area (Å²) in [7, 11) is 1.70. The number of nitrogens with zero attached hydrogens (tertiary/aromatic N) is 5. The van der Waals surface area contributed by atoms with Gasteiger partial charge < -0.3 is 9.47 Å². The summed E-state index contributed by atoms with van der Waals surface area (Å²) < 4.78 is 4.87. The lowest BCUT2D eigenvalue weighted by Crippen LogP contribution is -2.40. The molecule has 5 rings (SSSR count). The van der Waals surface area contributed by atoms with E-state index in [0.717, 1.165) is 31.0 Å². The molecule has 0 amide bonds. The second-order valence-electron chi connectivity index (χ2n) is 8.63. The maximum absolute atomic E-state index is 13.5. The largest absolute Gasteiger partial charge is 0.332 e. The average Bonchev–Trinajstić information content (AvgIpc) is 3.20. The number of aryl methyl sites for hydroxylation is 2. The molecule has 2 aromatic heterocycles. The number of hydrogen-bond donors (Lipinski definition) is 0. The van der Waals surface area contributed by atoms with Gasteiger partial charge in [0.2, 0.25) is 5.95 Å². The summed E-state index contributed by atoms with van der Waals surface area (Å²) in [5.74, 6) is 1.06. The monoisotopic (exact) mass is 429 g/mol. The molecule has 0 saturated heterocycles. The summed E-state index contributed by atoms with van der Waals surface area (Å²) in [5, 5.41) is 0. The number of benzene rings is 2. The molecule has 164 valence electrons. The molecule has 0 unspecified atom stereocenters. The Morgan fingerprint density at radius 2 is 1.66 bits per heavy atom. The summed E-state index contributed by atoms with van der Waals surface area (Å²) in [6, 6.07) is 20.2. The molecule has 7 nitrogen and oxygen atoms in total. The summed E-state index contributed by atoms with van der Waals surface area (Å²) in [5.41, 5.74) is 2.62. The van der Waals surface area contributed by atoms with Crippen molar-refractivity contribution in [2.75, 3.05) is 11.4 Å². The first kappa shape index (κ1) is 20.3. The molecular weight excluding hydrogens is 402 g/mol. The van der Waals surface area contributed by atoms with Crippen LogP contribution in [0.15, 0.2) is 70.3 Å². The van der Waals surface area contributed by atoms with Crippen molar-refractivity contribution in [2.24, 2.45) is 13.0 Å². The lowest BCUT2D eigenvalue weighted by atomic mass is 10.1. The Hall–Kier alpha value is -3.61. The number of aromatic nitrogens is 4. The van der Waals surface area contributed by atoms with Crippen LogP contribution in [0.4, 0.5) is 11.6 Å². The van der Waals surface area contributed by atoms with Gasteiger partial charge in [-0.1, -0.05) is 55.5 Å². The third-order valence-electron chi connectivity index (χ3n) is 6.20. The first-order valence-electron chi connectivity index (χ1n) is 11.1. The second-order valence-corrected chi connectivity index (χ2v) is 8.63. The Balaban J connectivity index is 1.58. The molecule has 1 aliphatic rings. The van der Waals surface area contributed by atoms with Crippen molar-refractivity contribution in [1.82, 2.24) is 18.7 Å². The minimum atomic E-state index is -0.315. The lowest BCUT2D eigenvalue weighted by Gasteiger charge is -2.32. The van der Waals surface area contributed by atoms with Crippen LogP contribution in [-0.2, 0) is 26.6 Å². The summed E-state index contributed by atoms with van der Waals surface area (Å²) >= 11 is 0. The Morgan fingerprint density at radius 3 is 2.38 bits per heavy atom. The predicted octanol–water partition coefficient (Wildman–Crippen LogP) is 3.32. The molecule has 3 heterocycles. The average molecular weight is 430 g/mol. The van der Waals surface area contributed by atoms with Crippen molar-refractivity contribution in [1.29, 1.82) is 0 Å². The molecule has 0 fully saturated rings. The van der Waals surface area contributed by atoms with E-state index in [9.17, 15) is 9.59 Å². The fourth-order valence-corrected chi connectivity index (χ4v) is 4.61. The van der Waals surface area contributed by atoms with E-state index in [1.165, 1.54) is 14.7 Å². The molecule has 0 saturated carbocycles. The zero-order valence-corrected chi connectivity index (χ0v) is 18.4. The predicted molar refractivity (Wildman–Crippen MR) is 127 cm³/mol. The van der Waals surface area contributed by atoms with E-state index in [1.807, 2.05) is 53.1 Å². The van der Waals surface area contributed by atoms with E-state index in [-0.39, 0.29) is 11.2 Å². The fourth-order valence-electron chi connectivity index (χ4n) is 4.61. The number of fused-ring (bicyclic) bond motifs is 3. The molecule has 1 aliphatic heterocycles. The molecule has 32 heavy (non-hydrogen) atoms. The van der Waals surface area contributed by atoms with Crippen LogP contribution in [-0.4, -0.2) is 25.2 Å². The van der Waals surface area contributed by atoms with Crippen molar-refractivity contribution in [2.45, 2.75) is 32.9 Å². The number of imidazole rings is 1. The smallest absolute Gasteiger partial charge is 0.312 e. The van der Waals surface area contributed by atoms with Gasteiger partial charge in [-0.15, -0.1) is 0 Å². The van der Waals surface area contributed by atoms with E-state index in [0.29, 0.717) is 30.2 Å².